The number of aromatic nitrogens is 2. The molecule has 1 fully saturated rings. The number of anilines is 1. The van der Waals surface area contributed by atoms with Crippen molar-refractivity contribution in [3.63, 3.8) is 0 Å². The van der Waals surface area contributed by atoms with Crippen LogP contribution >= 0.6 is 0 Å². The van der Waals surface area contributed by atoms with Crippen LogP contribution in [0.1, 0.15) is 31.4 Å². The quantitative estimate of drug-likeness (QED) is 0.886. The molecule has 0 unspecified atom stereocenters. The lowest BCUT2D eigenvalue weighted by atomic mass is 10.1. The molecular weight excluding hydrogens is 256 g/mol. The number of carbonyl (C=O) groups excluding carboxylic acids is 1. The minimum atomic E-state index is 0.205. The van der Waals surface area contributed by atoms with Crippen LogP contribution in [0.15, 0.2) is 6.07 Å². The van der Waals surface area contributed by atoms with Crippen molar-refractivity contribution in [1.29, 1.82) is 0 Å². The highest BCUT2D eigenvalue weighted by Crippen LogP contribution is 2.12. The van der Waals surface area contributed by atoms with Crippen LogP contribution in [0.2, 0.25) is 0 Å². The molecule has 0 aromatic carbocycles. The molecule has 2 rings (SSSR count). The van der Waals surface area contributed by atoms with Gasteiger partial charge < -0.3 is 15.0 Å². The van der Waals surface area contributed by atoms with Crippen molar-refractivity contribution in [2.75, 3.05) is 32.1 Å². The fourth-order valence-electron chi connectivity index (χ4n) is 2.31. The number of ether oxygens (including phenoxy) is 1. The Bertz CT molecular complexity index is 458. The van der Waals surface area contributed by atoms with Gasteiger partial charge in [-0.2, -0.15) is 4.98 Å². The van der Waals surface area contributed by atoms with Gasteiger partial charge in [0.2, 0.25) is 17.7 Å². The van der Waals surface area contributed by atoms with Gasteiger partial charge >= 0.3 is 0 Å². The predicted octanol–water partition coefficient (Wildman–Crippen LogP) is 1.61. The van der Waals surface area contributed by atoms with Gasteiger partial charge in [-0.15, -0.1) is 0 Å². The number of nitrogens with zero attached hydrogens (tertiary/aromatic N) is 3. The number of carbonyl (C=O) groups is 1. The summed E-state index contributed by atoms with van der Waals surface area (Å²) in [4.78, 5) is 22.4. The number of rotatable bonds is 5. The Morgan fingerprint density at radius 1 is 1.35 bits per heavy atom. The minimum Gasteiger partial charge on any atom is -0.481 e. The number of likely N-dealkylation sites (tertiary alicyclic amines) is 1. The molecule has 6 nitrogen and oxygen atoms in total. The smallest absolute Gasteiger partial charge is 0.226 e. The third-order valence-corrected chi connectivity index (χ3v) is 3.37. The first-order chi connectivity index (χ1) is 9.69. The summed E-state index contributed by atoms with van der Waals surface area (Å²) in [6.45, 7) is 4.22. The van der Waals surface area contributed by atoms with Gasteiger partial charge in [-0.3, -0.25) is 4.79 Å². The van der Waals surface area contributed by atoms with Gasteiger partial charge in [0.1, 0.15) is 0 Å². The first-order valence-corrected chi connectivity index (χ1v) is 7.10. The zero-order chi connectivity index (χ0) is 14.4. The molecule has 1 aliphatic heterocycles. The van der Waals surface area contributed by atoms with E-state index in [-0.39, 0.29) is 5.91 Å². The largest absolute Gasteiger partial charge is 0.481 e. The number of piperidine rings is 1. The molecule has 0 spiro atoms. The van der Waals surface area contributed by atoms with Crippen LogP contribution in [-0.2, 0) is 4.79 Å². The van der Waals surface area contributed by atoms with Crippen LogP contribution in [0.5, 0.6) is 5.88 Å². The van der Waals surface area contributed by atoms with E-state index in [2.05, 4.69) is 15.3 Å². The molecule has 1 aromatic heterocycles. The molecule has 6 heteroatoms. The zero-order valence-electron chi connectivity index (χ0n) is 12.2. The molecule has 1 N–H and O–H groups in total. The van der Waals surface area contributed by atoms with Crippen LogP contribution in [0.4, 0.5) is 5.95 Å². The van der Waals surface area contributed by atoms with Gasteiger partial charge in [-0.25, -0.2) is 4.98 Å². The Balaban J connectivity index is 1.80. The van der Waals surface area contributed by atoms with Gasteiger partial charge in [0.05, 0.1) is 7.11 Å². The molecular formula is C14H22N4O2. The average Bonchev–Trinajstić information content (AvgIpc) is 2.47. The molecule has 1 amide bonds. The first kappa shape index (κ1) is 14.6. The summed E-state index contributed by atoms with van der Waals surface area (Å²) in [6, 6.07) is 1.77. The van der Waals surface area contributed by atoms with Crippen molar-refractivity contribution in [1.82, 2.24) is 14.9 Å². The van der Waals surface area contributed by atoms with E-state index in [9.17, 15) is 4.79 Å². The molecule has 0 atom stereocenters. The maximum atomic E-state index is 12.0. The van der Waals surface area contributed by atoms with Gasteiger partial charge in [0.25, 0.3) is 0 Å². The summed E-state index contributed by atoms with van der Waals surface area (Å²) in [5.41, 5.74) is 0.835. The molecule has 0 radical (unpaired) electrons. The summed E-state index contributed by atoms with van der Waals surface area (Å²) >= 11 is 0. The van der Waals surface area contributed by atoms with E-state index in [1.807, 2.05) is 11.8 Å². The predicted molar refractivity (Wildman–Crippen MR) is 76.9 cm³/mol. The molecule has 0 saturated carbocycles. The lowest BCUT2D eigenvalue weighted by Gasteiger charge is -2.26. The Morgan fingerprint density at radius 2 is 2.10 bits per heavy atom. The van der Waals surface area contributed by atoms with Crippen molar-refractivity contribution in [2.45, 2.75) is 32.6 Å². The number of amides is 1. The van der Waals surface area contributed by atoms with Crippen LogP contribution in [0.3, 0.4) is 0 Å². The Kier molecular flexibility index (Phi) is 5.15. The monoisotopic (exact) mass is 278 g/mol. The number of methoxy groups -OCH3 is 1. The fourth-order valence-corrected chi connectivity index (χ4v) is 2.31. The van der Waals surface area contributed by atoms with E-state index >= 15 is 0 Å². The van der Waals surface area contributed by atoms with E-state index in [4.69, 9.17) is 4.74 Å². The van der Waals surface area contributed by atoms with Gasteiger partial charge in [-0.1, -0.05) is 0 Å². The molecule has 1 aliphatic rings. The molecule has 0 aliphatic carbocycles. The summed E-state index contributed by atoms with van der Waals surface area (Å²) in [5.74, 6) is 1.24. The molecule has 110 valence electrons. The molecule has 1 saturated heterocycles. The van der Waals surface area contributed by atoms with Crippen molar-refractivity contribution < 1.29 is 9.53 Å². The number of hydrogen-bond donors (Lipinski definition) is 1. The van der Waals surface area contributed by atoms with Crippen LogP contribution in [0, 0.1) is 6.92 Å². The summed E-state index contributed by atoms with van der Waals surface area (Å²) < 4.78 is 5.09. The minimum absolute atomic E-state index is 0.205. The van der Waals surface area contributed by atoms with Crippen LogP contribution in [0.25, 0.3) is 0 Å². The molecule has 20 heavy (non-hydrogen) atoms. The standard InChI is InChI=1S/C14H22N4O2/c1-11-10-12(20-2)17-14(16-11)15-7-6-13(19)18-8-4-3-5-9-18/h10H,3-9H2,1-2H3,(H,15,16,17). The third kappa shape index (κ3) is 4.08. The van der Waals surface area contributed by atoms with E-state index in [0.29, 0.717) is 24.8 Å². The number of nitrogens with one attached hydrogen (secondary N) is 1. The van der Waals surface area contributed by atoms with Crippen molar-refractivity contribution >= 4 is 11.9 Å². The number of hydrogen-bond acceptors (Lipinski definition) is 5. The van der Waals surface area contributed by atoms with Crippen LogP contribution < -0.4 is 10.1 Å². The highest BCUT2D eigenvalue weighted by atomic mass is 16.5. The Morgan fingerprint density at radius 3 is 2.80 bits per heavy atom. The lowest BCUT2D eigenvalue weighted by molar-refractivity contribution is -0.131. The Labute approximate surface area is 119 Å². The normalized spacial score (nSPS) is 15.0. The summed E-state index contributed by atoms with van der Waals surface area (Å²) in [6.07, 6.45) is 3.95. The highest BCUT2D eigenvalue weighted by Gasteiger charge is 2.15. The summed E-state index contributed by atoms with van der Waals surface area (Å²) in [5, 5.41) is 3.08. The van der Waals surface area contributed by atoms with Crippen molar-refractivity contribution in [3.8, 4) is 5.88 Å². The Hall–Kier alpha value is -1.85. The van der Waals surface area contributed by atoms with Crippen LogP contribution in [-0.4, -0.2) is 47.5 Å². The van der Waals surface area contributed by atoms with E-state index < -0.39 is 0 Å². The first-order valence-electron chi connectivity index (χ1n) is 7.10. The molecule has 2 heterocycles. The fraction of sp³-hybridized carbons (Fsp3) is 0.643. The van der Waals surface area contributed by atoms with Crippen molar-refractivity contribution in [2.24, 2.45) is 0 Å². The highest BCUT2D eigenvalue weighted by molar-refractivity contribution is 5.76. The second-order valence-corrected chi connectivity index (χ2v) is 4.99. The topological polar surface area (TPSA) is 67.3 Å². The van der Waals surface area contributed by atoms with E-state index in [1.165, 1.54) is 6.42 Å². The molecule has 0 bridgehead atoms. The summed E-state index contributed by atoms with van der Waals surface area (Å²) in [7, 11) is 1.57. The van der Waals surface area contributed by atoms with Gasteiger partial charge in [0, 0.05) is 37.8 Å². The zero-order valence-corrected chi connectivity index (χ0v) is 12.2. The average molecular weight is 278 g/mol. The van der Waals surface area contributed by atoms with Gasteiger partial charge in [-0.05, 0) is 26.2 Å². The second-order valence-electron chi connectivity index (χ2n) is 4.99. The lowest BCUT2D eigenvalue weighted by Crippen LogP contribution is -2.36. The SMILES string of the molecule is COc1cc(C)nc(NCCC(=O)N2CCCCC2)n1. The third-order valence-electron chi connectivity index (χ3n) is 3.37. The number of aryl methyl sites for hydroxylation is 1. The van der Waals surface area contributed by atoms with E-state index in [0.717, 1.165) is 31.6 Å². The second kappa shape index (κ2) is 7.07. The molecule has 1 aromatic rings. The van der Waals surface area contributed by atoms with E-state index in [1.54, 1.807) is 13.2 Å². The van der Waals surface area contributed by atoms with Crippen molar-refractivity contribution in [3.05, 3.63) is 11.8 Å². The van der Waals surface area contributed by atoms with Gasteiger partial charge in [0.15, 0.2) is 0 Å². The maximum absolute atomic E-state index is 12.0. The maximum Gasteiger partial charge on any atom is 0.226 e.